The quantitative estimate of drug-likeness (QED) is 0.555. The highest BCUT2D eigenvalue weighted by Crippen LogP contribution is 2.31. The van der Waals surface area contributed by atoms with Crippen LogP contribution in [0.2, 0.25) is 5.02 Å². The number of piperidine rings is 1. The van der Waals surface area contributed by atoms with Crippen molar-refractivity contribution in [1.82, 2.24) is 9.47 Å². The number of carbonyl (C=O) groups excluding carboxylic acids is 1. The SMILES string of the molecule is Cc1c(Nc2ccc(Cl)cc2F)c(C(=O)N2CCC(c3ccc(F)cc3)CC2)cn(C)c1=O. The fourth-order valence-electron chi connectivity index (χ4n) is 4.26. The van der Waals surface area contributed by atoms with Gasteiger partial charge in [-0.2, -0.15) is 0 Å². The molecule has 172 valence electrons. The van der Waals surface area contributed by atoms with E-state index in [-0.39, 0.29) is 39.6 Å². The molecule has 3 aromatic rings. The van der Waals surface area contributed by atoms with Crippen molar-refractivity contribution in [3.63, 3.8) is 0 Å². The number of aromatic nitrogens is 1. The second-order valence-corrected chi connectivity index (χ2v) is 8.76. The van der Waals surface area contributed by atoms with Crippen LogP contribution < -0.4 is 10.9 Å². The molecule has 0 saturated carbocycles. The van der Waals surface area contributed by atoms with Crippen molar-refractivity contribution < 1.29 is 13.6 Å². The molecule has 5 nitrogen and oxygen atoms in total. The predicted octanol–water partition coefficient (Wildman–Crippen LogP) is 5.39. The molecule has 1 N–H and O–H groups in total. The summed E-state index contributed by atoms with van der Waals surface area (Å²) in [7, 11) is 1.58. The second-order valence-electron chi connectivity index (χ2n) is 8.33. The molecule has 1 fully saturated rings. The zero-order valence-corrected chi connectivity index (χ0v) is 19.1. The van der Waals surface area contributed by atoms with Crippen LogP contribution in [-0.2, 0) is 7.05 Å². The van der Waals surface area contributed by atoms with Gasteiger partial charge >= 0.3 is 0 Å². The van der Waals surface area contributed by atoms with Crippen LogP contribution in [0, 0.1) is 18.6 Å². The van der Waals surface area contributed by atoms with Gasteiger partial charge in [-0.25, -0.2) is 8.78 Å². The Labute approximate surface area is 195 Å². The van der Waals surface area contributed by atoms with E-state index in [1.54, 1.807) is 31.0 Å². The topological polar surface area (TPSA) is 54.3 Å². The number of hydrogen-bond donors (Lipinski definition) is 1. The van der Waals surface area contributed by atoms with Gasteiger partial charge in [-0.1, -0.05) is 23.7 Å². The number of amides is 1. The number of nitrogens with zero attached hydrogens (tertiary/aromatic N) is 2. The lowest BCUT2D eigenvalue weighted by molar-refractivity contribution is 0.0713. The number of anilines is 2. The van der Waals surface area contributed by atoms with Crippen molar-refractivity contribution in [2.75, 3.05) is 18.4 Å². The van der Waals surface area contributed by atoms with Crippen LogP contribution in [0.1, 0.15) is 40.2 Å². The van der Waals surface area contributed by atoms with Gasteiger partial charge in [0.15, 0.2) is 0 Å². The van der Waals surface area contributed by atoms with Crippen molar-refractivity contribution in [1.29, 1.82) is 0 Å². The molecule has 33 heavy (non-hydrogen) atoms. The van der Waals surface area contributed by atoms with Gasteiger partial charge in [-0.3, -0.25) is 9.59 Å². The Balaban J connectivity index is 1.59. The number of nitrogens with one attached hydrogen (secondary N) is 1. The highest BCUT2D eigenvalue weighted by atomic mass is 35.5. The minimum Gasteiger partial charge on any atom is -0.352 e. The van der Waals surface area contributed by atoms with Gasteiger partial charge in [-0.15, -0.1) is 0 Å². The summed E-state index contributed by atoms with van der Waals surface area (Å²) >= 11 is 5.84. The normalized spacial score (nSPS) is 14.4. The third-order valence-corrected chi connectivity index (χ3v) is 6.39. The van der Waals surface area contributed by atoms with Crippen LogP contribution in [0.3, 0.4) is 0 Å². The second kappa shape index (κ2) is 9.35. The first-order valence-electron chi connectivity index (χ1n) is 10.7. The molecule has 1 saturated heterocycles. The zero-order valence-electron chi connectivity index (χ0n) is 18.4. The molecule has 0 unspecified atom stereocenters. The van der Waals surface area contributed by atoms with E-state index in [2.05, 4.69) is 5.32 Å². The molecule has 0 spiro atoms. The standard InChI is InChI=1S/C25H24ClF2N3O2/c1-15-23(29-22-8-5-18(26)13-21(22)28)20(14-30(2)24(15)32)25(33)31-11-9-17(10-12-31)16-3-6-19(27)7-4-16/h3-8,13-14,17,29H,9-12H2,1-2H3. The average Bonchev–Trinajstić information content (AvgIpc) is 2.81. The molecule has 1 aliphatic heterocycles. The van der Waals surface area contributed by atoms with Crippen LogP contribution in [0.5, 0.6) is 0 Å². The van der Waals surface area contributed by atoms with Gasteiger partial charge in [0.25, 0.3) is 11.5 Å². The largest absolute Gasteiger partial charge is 0.352 e. The monoisotopic (exact) mass is 471 g/mol. The maximum atomic E-state index is 14.4. The van der Waals surface area contributed by atoms with Crippen LogP contribution >= 0.6 is 11.6 Å². The summed E-state index contributed by atoms with van der Waals surface area (Å²) in [6.07, 6.45) is 2.98. The Bertz CT molecular complexity index is 1250. The highest BCUT2D eigenvalue weighted by molar-refractivity contribution is 6.30. The zero-order chi connectivity index (χ0) is 23.7. The summed E-state index contributed by atoms with van der Waals surface area (Å²) in [5.74, 6) is -0.838. The van der Waals surface area contributed by atoms with E-state index in [0.717, 1.165) is 18.4 Å². The summed E-state index contributed by atoms with van der Waals surface area (Å²) in [6.45, 7) is 2.66. The minimum atomic E-state index is -0.582. The van der Waals surface area contributed by atoms with Gasteiger partial charge < -0.3 is 14.8 Å². The molecule has 1 aromatic heterocycles. The molecular formula is C25H24ClF2N3O2. The third-order valence-electron chi connectivity index (χ3n) is 6.15. The molecule has 4 rings (SSSR count). The Morgan fingerprint density at radius 3 is 2.39 bits per heavy atom. The van der Waals surface area contributed by atoms with Crippen molar-refractivity contribution >= 4 is 28.9 Å². The molecule has 2 aromatic carbocycles. The number of rotatable bonds is 4. The van der Waals surface area contributed by atoms with Crippen LogP contribution in [0.15, 0.2) is 53.5 Å². The third kappa shape index (κ3) is 4.78. The first kappa shape index (κ1) is 23.0. The number of aryl methyl sites for hydroxylation is 1. The molecule has 0 radical (unpaired) electrons. The molecule has 0 atom stereocenters. The fourth-order valence-corrected chi connectivity index (χ4v) is 4.42. The molecule has 1 aliphatic rings. The van der Waals surface area contributed by atoms with E-state index in [1.165, 1.54) is 41.1 Å². The summed E-state index contributed by atoms with van der Waals surface area (Å²) in [5, 5.41) is 3.18. The van der Waals surface area contributed by atoms with Gasteiger partial charge in [-0.05, 0) is 61.6 Å². The number of benzene rings is 2. The Morgan fingerprint density at radius 2 is 1.76 bits per heavy atom. The van der Waals surface area contributed by atoms with Crippen LogP contribution in [0.4, 0.5) is 20.2 Å². The lowest BCUT2D eigenvalue weighted by atomic mass is 9.89. The van der Waals surface area contributed by atoms with Gasteiger partial charge in [0, 0.05) is 36.9 Å². The van der Waals surface area contributed by atoms with E-state index < -0.39 is 5.82 Å². The number of pyridine rings is 1. The number of hydrogen-bond acceptors (Lipinski definition) is 3. The van der Waals surface area contributed by atoms with Gasteiger partial charge in [0.05, 0.1) is 16.9 Å². The molecule has 1 amide bonds. The van der Waals surface area contributed by atoms with E-state index in [1.807, 2.05) is 0 Å². The van der Waals surface area contributed by atoms with E-state index in [4.69, 9.17) is 11.6 Å². The summed E-state index contributed by atoms with van der Waals surface area (Å²) in [6, 6.07) is 10.7. The summed E-state index contributed by atoms with van der Waals surface area (Å²) in [4.78, 5) is 27.7. The Morgan fingerprint density at radius 1 is 1.09 bits per heavy atom. The predicted molar refractivity (Wildman–Crippen MR) is 125 cm³/mol. The number of likely N-dealkylation sites (tertiary alicyclic amines) is 1. The van der Waals surface area contributed by atoms with Gasteiger partial charge in [0.2, 0.25) is 0 Å². The Hall–Kier alpha value is -3.19. The molecule has 0 aliphatic carbocycles. The maximum Gasteiger partial charge on any atom is 0.257 e. The first-order valence-corrected chi connectivity index (χ1v) is 11.1. The number of halogens is 3. The molecule has 8 heteroatoms. The Kier molecular flexibility index (Phi) is 6.51. The van der Waals surface area contributed by atoms with Gasteiger partial charge in [0.1, 0.15) is 11.6 Å². The molecular weight excluding hydrogens is 448 g/mol. The number of carbonyl (C=O) groups is 1. The van der Waals surface area contributed by atoms with Crippen molar-refractivity contribution in [3.8, 4) is 0 Å². The molecule has 0 bridgehead atoms. The van der Waals surface area contributed by atoms with Crippen molar-refractivity contribution in [2.24, 2.45) is 7.05 Å². The lowest BCUT2D eigenvalue weighted by Crippen LogP contribution is -2.39. The van der Waals surface area contributed by atoms with Crippen LogP contribution in [-0.4, -0.2) is 28.5 Å². The molecule has 2 heterocycles. The minimum absolute atomic E-state index is 0.125. The summed E-state index contributed by atoms with van der Waals surface area (Å²) < 4.78 is 29.0. The smallest absolute Gasteiger partial charge is 0.257 e. The van der Waals surface area contributed by atoms with E-state index in [0.29, 0.717) is 24.2 Å². The van der Waals surface area contributed by atoms with E-state index in [9.17, 15) is 18.4 Å². The first-order chi connectivity index (χ1) is 15.7. The van der Waals surface area contributed by atoms with Crippen molar-refractivity contribution in [2.45, 2.75) is 25.7 Å². The lowest BCUT2D eigenvalue weighted by Gasteiger charge is -2.33. The van der Waals surface area contributed by atoms with E-state index >= 15 is 0 Å². The average molecular weight is 472 g/mol. The van der Waals surface area contributed by atoms with Crippen molar-refractivity contribution in [3.05, 3.63) is 92.4 Å². The highest BCUT2D eigenvalue weighted by Gasteiger charge is 2.27. The fraction of sp³-hybridized carbons (Fsp3) is 0.280. The van der Waals surface area contributed by atoms with Crippen LogP contribution in [0.25, 0.3) is 0 Å². The maximum absolute atomic E-state index is 14.4. The summed E-state index contributed by atoms with van der Waals surface area (Å²) in [5.41, 5.74) is 1.80.